The highest BCUT2D eigenvalue weighted by Gasteiger charge is 2.64. The molecule has 4 aliphatic rings. The van der Waals surface area contributed by atoms with E-state index in [1.165, 1.54) is 44.9 Å². The summed E-state index contributed by atoms with van der Waals surface area (Å²) in [6.07, 6.45) is 12.4. The molecule has 4 rings (SSSR count). The van der Waals surface area contributed by atoms with Gasteiger partial charge in [0.25, 0.3) is 0 Å². The molecule has 0 radical (unpaired) electrons. The third kappa shape index (κ3) is 2.42. The quantitative estimate of drug-likeness (QED) is 0.695. The lowest BCUT2D eigenvalue weighted by Gasteiger charge is -2.62. The smallest absolute Gasteiger partial charge is 0.0827 e. The predicted molar refractivity (Wildman–Crippen MR) is 102 cm³/mol. The Kier molecular flexibility index (Phi) is 4.21. The van der Waals surface area contributed by atoms with Gasteiger partial charge in [0.2, 0.25) is 0 Å². The molecule has 2 N–H and O–H groups in total. The largest absolute Gasteiger partial charge is 0.393 e. The molecule has 4 fully saturated rings. The molecule has 0 aromatic rings. The number of aliphatic hydroxyl groups excluding tert-OH is 1. The molecule has 0 aliphatic heterocycles. The molecule has 0 saturated heterocycles. The van der Waals surface area contributed by atoms with E-state index in [1.807, 2.05) is 6.92 Å². The maximum atomic E-state index is 10.7. The van der Waals surface area contributed by atoms with Gasteiger partial charge >= 0.3 is 0 Å². The Morgan fingerprint density at radius 1 is 0.960 bits per heavy atom. The summed E-state index contributed by atoms with van der Waals surface area (Å²) in [6, 6.07) is 0. The van der Waals surface area contributed by atoms with Gasteiger partial charge < -0.3 is 10.2 Å². The Labute approximate surface area is 154 Å². The molecule has 9 atom stereocenters. The first kappa shape index (κ1) is 18.0. The number of hydrogen-bond donors (Lipinski definition) is 2. The van der Waals surface area contributed by atoms with Crippen LogP contribution in [0.4, 0.5) is 0 Å². The van der Waals surface area contributed by atoms with Crippen LogP contribution in [0.1, 0.15) is 78.6 Å². The zero-order chi connectivity index (χ0) is 18.0. The lowest BCUT2D eigenvalue weighted by Crippen LogP contribution is -2.55. The molecule has 0 bridgehead atoms. The van der Waals surface area contributed by atoms with Crippen molar-refractivity contribution in [1.29, 1.82) is 0 Å². The molecule has 4 saturated carbocycles. The molecule has 1 unspecified atom stereocenters. The van der Waals surface area contributed by atoms with Crippen LogP contribution in [0.2, 0.25) is 0 Å². The first-order chi connectivity index (χ1) is 11.7. The third-order valence-electron chi connectivity index (χ3n) is 9.92. The highest BCUT2D eigenvalue weighted by molar-refractivity contribution is 5.14. The number of fused-ring (bicyclic) bond motifs is 5. The van der Waals surface area contributed by atoms with Crippen LogP contribution >= 0.6 is 0 Å². The third-order valence-corrected chi connectivity index (χ3v) is 9.92. The van der Waals surface area contributed by atoms with Crippen molar-refractivity contribution in [3.63, 3.8) is 0 Å². The Morgan fingerprint density at radius 2 is 1.64 bits per heavy atom. The highest BCUT2D eigenvalue weighted by Crippen LogP contribution is 2.71. The van der Waals surface area contributed by atoms with Crippen molar-refractivity contribution < 1.29 is 10.2 Å². The van der Waals surface area contributed by atoms with E-state index in [1.54, 1.807) is 6.08 Å². The van der Waals surface area contributed by atoms with E-state index in [2.05, 4.69) is 20.4 Å². The fourth-order valence-corrected chi connectivity index (χ4v) is 8.34. The van der Waals surface area contributed by atoms with Crippen LogP contribution in [0.25, 0.3) is 0 Å². The summed E-state index contributed by atoms with van der Waals surface area (Å²) >= 11 is 0. The predicted octanol–water partition coefficient (Wildman–Crippen LogP) is 4.94. The lowest BCUT2D eigenvalue weighted by atomic mass is 9.43. The average Bonchev–Trinajstić information content (AvgIpc) is 2.86. The van der Waals surface area contributed by atoms with Gasteiger partial charge in [-0.2, -0.15) is 0 Å². The zero-order valence-corrected chi connectivity index (χ0v) is 16.5. The van der Waals surface area contributed by atoms with Crippen molar-refractivity contribution >= 4 is 0 Å². The lowest BCUT2D eigenvalue weighted by molar-refractivity contribution is -0.142. The topological polar surface area (TPSA) is 40.5 Å². The van der Waals surface area contributed by atoms with Gasteiger partial charge in [0.1, 0.15) is 0 Å². The van der Waals surface area contributed by atoms with E-state index < -0.39 is 5.60 Å². The minimum Gasteiger partial charge on any atom is -0.393 e. The molecule has 142 valence electrons. The Balaban J connectivity index is 1.59. The van der Waals surface area contributed by atoms with Crippen LogP contribution in [0.3, 0.4) is 0 Å². The van der Waals surface area contributed by atoms with Crippen molar-refractivity contribution in [3.8, 4) is 0 Å². The molecule has 0 spiro atoms. The summed E-state index contributed by atoms with van der Waals surface area (Å²) in [5.74, 6) is 3.66. The van der Waals surface area contributed by atoms with E-state index in [0.717, 1.165) is 30.6 Å². The first-order valence-corrected chi connectivity index (χ1v) is 10.8. The van der Waals surface area contributed by atoms with Crippen LogP contribution < -0.4 is 0 Å². The van der Waals surface area contributed by atoms with Crippen molar-refractivity contribution in [3.05, 3.63) is 12.7 Å². The van der Waals surface area contributed by atoms with Crippen LogP contribution in [-0.4, -0.2) is 21.9 Å². The minimum absolute atomic E-state index is 0.169. The van der Waals surface area contributed by atoms with Gasteiger partial charge in [0.15, 0.2) is 0 Å². The number of aliphatic hydroxyl groups is 2. The first-order valence-electron chi connectivity index (χ1n) is 10.8. The van der Waals surface area contributed by atoms with E-state index in [-0.39, 0.29) is 6.10 Å². The molecule has 0 aromatic heterocycles. The Hall–Kier alpha value is -0.340. The Bertz CT molecular complexity index is 542. The van der Waals surface area contributed by atoms with Crippen LogP contribution in [-0.2, 0) is 0 Å². The highest BCUT2D eigenvalue weighted by atomic mass is 16.3. The number of rotatable bonds is 2. The fraction of sp³-hybridized carbons (Fsp3) is 0.913. The van der Waals surface area contributed by atoms with Crippen LogP contribution in [0.5, 0.6) is 0 Å². The van der Waals surface area contributed by atoms with Gasteiger partial charge in [-0.1, -0.05) is 19.9 Å². The summed E-state index contributed by atoms with van der Waals surface area (Å²) < 4.78 is 0. The molecule has 0 amide bonds. The summed E-state index contributed by atoms with van der Waals surface area (Å²) in [5, 5.41) is 21.1. The average molecular weight is 347 g/mol. The second kappa shape index (κ2) is 5.83. The Morgan fingerprint density at radius 3 is 2.32 bits per heavy atom. The maximum Gasteiger partial charge on any atom is 0.0827 e. The van der Waals surface area contributed by atoms with Crippen molar-refractivity contribution in [2.75, 3.05) is 0 Å². The van der Waals surface area contributed by atoms with Gasteiger partial charge in [0, 0.05) is 0 Å². The molecule has 25 heavy (non-hydrogen) atoms. The SMILES string of the molecule is C=C[C@@]1(O)CC[C@H]2[C@H](CC[C@@H]3[C@@H]2CC[C@]2(C)[C@@H](C(C)O)CC[C@@]32C)C1. The maximum absolute atomic E-state index is 10.7. The molecule has 4 aliphatic carbocycles. The van der Waals surface area contributed by atoms with Crippen molar-refractivity contribution in [2.24, 2.45) is 40.4 Å². The molecule has 0 heterocycles. The summed E-state index contributed by atoms with van der Waals surface area (Å²) in [5.41, 5.74) is 0.103. The van der Waals surface area contributed by atoms with Crippen LogP contribution in [0.15, 0.2) is 12.7 Å². The second-order valence-electron chi connectivity index (χ2n) is 10.6. The van der Waals surface area contributed by atoms with Crippen molar-refractivity contribution in [2.45, 2.75) is 90.3 Å². The molecular formula is C23H38O2. The van der Waals surface area contributed by atoms with Gasteiger partial charge in [-0.3, -0.25) is 0 Å². The van der Waals surface area contributed by atoms with E-state index in [0.29, 0.717) is 22.7 Å². The van der Waals surface area contributed by atoms with E-state index in [4.69, 9.17) is 0 Å². The monoisotopic (exact) mass is 346 g/mol. The standard InChI is InChI=1S/C23H38O2/c1-5-23(25)13-9-17-16(14-23)6-7-20-18(17)8-11-21(3)19(15(2)24)10-12-22(20,21)4/h5,15-20,24-25H,1,6-14H2,2-4H3/t15?,16-,17+,18-,19-,20-,21-,22+,23-/m1/s1. The van der Waals surface area contributed by atoms with Crippen LogP contribution in [0, 0.1) is 40.4 Å². The van der Waals surface area contributed by atoms with Crippen molar-refractivity contribution in [1.82, 2.24) is 0 Å². The van der Waals surface area contributed by atoms with Gasteiger partial charge in [0.05, 0.1) is 11.7 Å². The van der Waals surface area contributed by atoms with Gasteiger partial charge in [-0.25, -0.2) is 0 Å². The normalized spacial score (nSPS) is 56.4. The summed E-state index contributed by atoms with van der Waals surface area (Å²) in [4.78, 5) is 0. The number of hydrogen-bond acceptors (Lipinski definition) is 2. The van der Waals surface area contributed by atoms with E-state index >= 15 is 0 Å². The van der Waals surface area contributed by atoms with Gasteiger partial charge in [-0.15, -0.1) is 6.58 Å². The summed E-state index contributed by atoms with van der Waals surface area (Å²) in [7, 11) is 0. The summed E-state index contributed by atoms with van der Waals surface area (Å²) in [6.45, 7) is 11.0. The molecule has 2 nitrogen and oxygen atoms in total. The second-order valence-corrected chi connectivity index (χ2v) is 10.6. The zero-order valence-electron chi connectivity index (χ0n) is 16.5. The fourth-order valence-electron chi connectivity index (χ4n) is 8.34. The minimum atomic E-state index is -0.605. The van der Waals surface area contributed by atoms with Gasteiger partial charge in [-0.05, 0) is 105 Å². The molecule has 0 aromatic carbocycles. The van der Waals surface area contributed by atoms with E-state index in [9.17, 15) is 10.2 Å². The molecular weight excluding hydrogens is 308 g/mol. The molecule has 2 heteroatoms.